The molecule has 0 amide bonds. The quantitative estimate of drug-likeness (QED) is 0.623. The standard InChI is InChI=1S/C15H15BrN2O2/c1-2-13(11-7-9-12(16)10-8-11)17-14-5-3-4-6-15(14)18(19)20/h3-10,13,17H,2H2,1H3. The summed E-state index contributed by atoms with van der Waals surface area (Å²) < 4.78 is 1.02. The molecule has 0 fully saturated rings. The summed E-state index contributed by atoms with van der Waals surface area (Å²) in [6.07, 6.45) is 0.841. The number of benzene rings is 2. The smallest absolute Gasteiger partial charge is 0.292 e. The minimum atomic E-state index is -0.364. The maximum absolute atomic E-state index is 11.0. The van der Waals surface area contributed by atoms with Gasteiger partial charge < -0.3 is 5.32 Å². The van der Waals surface area contributed by atoms with Crippen LogP contribution in [0.25, 0.3) is 0 Å². The second-order valence-electron chi connectivity index (χ2n) is 4.43. The van der Waals surface area contributed by atoms with Crippen molar-refractivity contribution in [3.8, 4) is 0 Å². The van der Waals surface area contributed by atoms with Crippen molar-refractivity contribution in [3.05, 3.63) is 68.7 Å². The summed E-state index contributed by atoms with van der Waals surface area (Å²) in [7, 11) is 0. The summed E-state index contributed by atoms with van der Waals surface area (Å²) in [5, 5.41) is 14.3. The molecule has 0 spiro atoms. The van der Waals surface area contributed by atoms with Crippen LogP contribution in [-0.4, -0.2) is 4.92 Å². The summed E-state index contributed by atoms with van der Waals surface area (Å²) in [6, 6.07) is 14.7. The third-order valence-electron chi connectivity index (χ3n) is 3.11. The Morgan fingerprint density at radius 3 is 2.45 bits per heavy atom. The summed E-state index contributed by atoms with van der Waals surface area (Å²) >= 11 is 3.40. The van der Waals surface area contributed by atoms with Gasteiger partial charge in [0.2, 0.25) is 0 Å². The van der Waals surface area contributed by atoms with Crippen LogP contribution in [0.2, 0.25) is 0 Å². The number of nitro groups is 1. The van der Waals surface area contributed by atoms with E-state index in [-0.39, 0.29) is 16.7 Å². The van der Waals surface area contributed by atoms with Gasteiger partial charge in [-0.2, -0.15) is 0 Å². The maximum Gasteiger partial charge on any atom is 0.292 e. The van der Waals surface area contributed by atoms with Crippen LogP contribution in [0.1, 0.15) is 24.9 Å². The minimum Gasteiger partial charge on any atom is -0.373 e. The SMILES string of the molecule is CCC(Nc1ccccc1[N+](=O)[O-])c1ccc(Br)cc1. The molecule has 4 nitrogen and oxygen atoms in total. The molecule has 2 rings (SSSR count). The van der Waals surface area contributed by atoms with Gasteiger partial charge in [0.15, 0.2) is 0 Å². The van der Waals surface area contributed by atoms with Crippen molar-refractivity contribution >= 4 is 27.3 Å². The van der Waals surface area contributed by atoms with Gasteiger partial charge in [-0.15, -0.1) is 0 Å². The van der Waals surface area contributed by atoms with E-state index in [2.05, 4.69) is 28.2 Å². The predicted octanol–water partition coefficient (Wildman–Crippen LogP) is 4.92. The predicted molar refractivity (Wildman–Crippen MR) is 83.9 cm³/mol. The molecule has 0 saturated heterocycles. The number of nitro benzene ring substituents is 1. The zero-order chi connectivity index (χ0) is 14.5. The van der Waals surface area contributed by atoms with Crippen molar-refractivity contribution in [2.75, 3.05) is 5.32 Å². The lowest BCUT2D eigenvalue weighted by Gasteiger charge is -2.18. The molecule has 1 atom stereocenters. The zero-order valence-corrected chi connectivity index (χ0v) is 12.6. The minimum absolute atomic E-state index is 0.0456. The van der Waals surface area contributed by atoms with E-state index >= 15 is 0 Å². The fraction of sp³-hybridized carbons (Fsp3) is 0.200. The van der Waals surface area contributed by atoms with E-state index in [0.29, 0.717) is 5.69 Å². The van der Waals surface area contributed by atoms with Crippen molar-refractivity contribution in [1.82, 2.24) is 0 Å². The average molecular weight is 335 g/mol. The van der Waals surface area contributed by atoms with Crippen molar-refractivity contribution in [2.24, 2.45) is 0 Å². The molecule has 0 bridgehead atoms. The molecular formula is C15H15BrN2O2. The van der Waals surface area contributed by atoms with Crippen LogP contribution >= 0.6 is 15.9 Å². The number of hydrogen-bond donors (Lipinski definition) is 1. The third kappa shape index (κ3) is 3.36. The molecule has 1 N–H and O–H groups in total. The fourth-order valence-electron chi connectivity index (χ4n) is 2.06. The van der Waals surface area contributed by atoms with E-state index in [4.69, 9.17) is 0 Å². The van der Waals surface area contributed by atoms with Crippen LogP contribution < -0.4 is 5.32 Å². The molecule has 0 radical (unpaired) electrons. The van der Waals surface area contributed by atoms with Crippen LogP contribution in [0.15, 0.2) is 53.0 Å². The van der Waals surface area contributed by atoms with E-state index in [0.717, 1.165) is 16.5 Å². The first kappa shape index (κ1) is 14.5. The van der Waals surface area contributed by atoms with Crippen LogP contribution in [0, 0.1) is 10.1 Å². The number of nitrogens with one attached hydrogen (secondary N) is 1. The van der Waals surface area contributed by atoms with Gasteiger partial charge in [-0.25, -0.2) is 0 Å². The van der Waals surface area contributed by atoms with Crippen LogP contribution in [0.4, 0.5) is 11.4 Å². The number of halogens is 1. The Balaban J connectivity index is 2.27. The van der Waals surface area contributed by atoms with Crippen molar-refractivity contribution < 1.29 is 4.92 Å². The van der Waals surface area contributed by atoms with E-state index in [1.807, 2.05) is 24.3 Å². The molecule has 5 heteroatoms. The first-order valence-corrected chi connectivity index (χ1v) is 7.16. The Morgan fingerprint density at radius 1 is 1.20 bits per heavy atom. The lowest BCUT2D eigenvalue weighted by molar-refractivity contribution is -0.384. The van der Waals surface area contributed by atoms with Crippen molar-refractivity contribution in [2.45, 2.75) is 19.4 Å². The van der Waals surface area contributed by atoms with Crippen molar-refractivity contribution in [1.29, 1.82) is 0 Å². The molecule has 104 valence electrons. The third-order valence-corrected chi connectivity index (χ3v) is 3.64. The Morgan fingerprint density at radius 2 is 1.85 bits per heavy atom. The molecule has 0 aliphatic carbocycles. The maximum atomic E-state index is 11.0. The lowest BCUT2D eigenvalue weighted by atomic mass is 10.0. The second kappa shape index (κ2) is 6.52. The largest absolute Gasteiger partial charge is 0.373 e. The Kier molecular flexibility index (Phi) is 4.74. The topological polar surface area (TPSA) is 55.2 Å². The molecule has 0 aliphatic rings. The number of para-hydroxylation sites is 2. The Bertz CT molecular complexity index is 599. The van der Waals surface area contributed by atoms with Crippen LogP contribution in [-0.2, 0) is 0 Å². The van der Waals surface area contributed by atoms with Gasteiger partial charge in [0, 0.05) is 10.5 Å². The van der Waals surface area contributed by atoms with E-state index in [9.17, 15) is 10.1 Å². The van der Waals surface area contributed by atoms with Gasteiger partial charge in [0.05, 0.1) is 11.0 Å². The molecule has 0 aliphatic heterocycles. The summed E-state index contributed by atoms with van der Waals surface area (Å²) in [4.78, 5) is 10.7. The highest BCUT2D eigenvalue weighted by atomic mass is 79.9. The first-order valence-electron chi connectivity index (χ1n) is 6.37. The second-order valence-corrected chi connectivity index (χ2v) is 5.35. The monoisotopic (exact) mass is 334 g/mol. The van der Waals surface area contributed by atoms with Gasteiger partial charge in [0.1, 0.15) is 5.69 Å². The zero-order valence-electron chi connectivity index (χ0n) is 11.0. The normalized spacial score (nSPS) is 11.9. The molecule has 1 unspecified atom stereocenters. The van der Waals surface area contributed by atoms with E-state index in [1.54, 1.807) is 18.2 Å². The van der Waals surface area contributed by atoms with Gasteiger partial charge in [-0.3, -0.25) is 10.1 Å². The first-order chi connectivity index (χ1) is 9.61. The van der Waals surface area contributed by atoms with Gasteiger partial charge in [-0.05, 0) is 30.2 Å². The lowest BCUT2D eigenvalue weighted by Crippen LogP contribution is -2.10. The molecule has 0 aromatic heterocycles. The van der Waals surface area contributed by atoms with E-state index in [1.165, 1.54) is 6.07 Å². The van der Waals surface area contributed by atoms with Crippen LogP contribution in [0.3, 0.4) is 0 Å². The number of hydrogen-bond acceptors (Lipinski definition) is 3. The highest BCUT2D eigenvalue weighted by Gasteiger charge is 2.16. The summed E-state index contributed by atoms with van der Waals surface area (Å²) in [6.45, 7) is 2.05. The highest BCUT2D eigenvalue weighted by molar-refractivity contribution is 9.10. The van der Waals surface area contributed by atoms with Gasteiger partial charge >= 0.3 is 0 Å². The molecule has 20 heavy (non-hydrogen) atoms. The van der Waals surface area contributed by atoms with Gasteiger partial charge in [0.25, 0.3) is 5.69 Å². The Hall–Kier alpha value is -1.88. The van der Waals surface area contributed by atoms with Crippen molar-refractivity contribution in [3.63, 3.8) is 0 Å². The van der Waals surface area contributed by atoms with Gasteiger partial charge in [-0.1, -0.05) is 47.1 Å². The fourth-order valence-corrected chi connectivity index (χ4v) is 2.32. The molecule has 2 aromatic rings. The highest BCUT2D eigenvalue weighted by Crippen LogP contribution is 2.29. The molecular weight excluding hydrogens is 320 g/mol. The number of nitrogens with zero attached hydrogens (tertiary/aromatic N) is 1. The number of rotatable bonds is 5. The van der Waals surface area contributed by atoms with E-state index < -0.39 is 0 Å². The summed E-state index contributed by atoms with van der Waals surface area (Å²) in [5.74, 6) is 0. The molecule has 2 aromatic carbocycles. The van der Waals surface area contributed by atoms with Crippen LogP contribution in [0.5, 0.6) is 0 Å². The average Bonchev–Trinajstić information content (AvgIpc) is 2.46. The molecule has 0 heterocycles. The number of anilines is 1. The summed E-state index contributed by atoms with van der Waals surface area (Å²) in [5.41, 5.74) is 1.75. The Labute approximate surface area is 126 Å². The molecule has 0 saturated carbocycles.